The van der Waals surface area contributed by atoms with Gasteiger partial charge in [0.15, 0.2) is 5.96 Å². The second-order valence-corrected chi connectivity index (χ2v) is 6.32. The smallest absolute Gasteiger partial charge is 0.191 e. The summed E-state index contributed by atoms with van der Waals surface area (Å²) in [6, 6.07) is 12.1. The molecule has 1 aliphatic heterocycles. The largest absolute Gasteiger partial charge is 0.488 e. The first kappa shape index (κ1) is 21.4. The minimum Gasteiger partial charge on any atom is -0.488 e. The van der Waals surface area contributed by atoms with Crippen molar-refractivity contribution in [1.82, 2.24) is 15.6 Å². The zero-order chi connectivity index (χ0) is 18.2. The lowest BCUT2D eigenvalue weighted by molar-refractivity contribution is 0.140. The summed E-state index contributed by atoms with van der Waals surface area (Å²) in [5.41, 5.74) is 3.25. The summed E-state index contributed by atoms with van der Waals surface area (Å²) in [5.74, 6) is 1.64. The van der Waals surface area contributed by atoms with Gasteiger partial charge in [-0.25, -0.2) is 0 Å². The van der Waals surface area contributed by atoms with Crippen LogP contribution < -0.4 is 15.4 Å². The predicted octanol–water partition coefficient (Wildman–Crippen LogP) is 3.04. The first-order chi connectivity index (χ1) is 12.7. The number of hydrogen-bond donors (Lipinski definition) is 2. The molecule has 1 aromatic heterocycles. The molecule has 0 radical (unpaired) electrons. The van der Waals surface area contributed by atoms with Crippen molar-refractivity contribution in [2.45, 2.75) is 32.5 Å². The molecule has 1 unspecified atom stereocenters. The Morgan fingerprint density at radius 1 is 1.26 bits per heavy atom. The summed E-state index contributed by atoms with van der Waals surface area (Å²) in [5, 5.41) is 6.62. The molecular weight excluding hydrogens is 455 g/mol. The van der Waals surface area contributed by atoms with E-state index in [1.807, 2.05) is 18.2 Å². The van der Waals surface area contributed by atoms with Gasteiger partial charge in [-0.15, -0.1) is 24.0 Å². The van der Waals surface area contributed by atoms with Gasteiger partial charge in [0.2, 0.25) is 0 Å². The highest BCUT2D eigenvalue weighted by molar-refractivity contribution is 14.0. The summed E-state index contributed by atoms with van der Waals surface area (Å²) in [7, 11) is 1.76. The number of aromatic nitrogens is 1. The van der Waals surface area contributed by atoms with Crippen LogP contribution in [0.3, 0.4) is 0 Å². The Bertz CT molecular complexity index is 734. The number of pyridine rings is 1. The minimum absolute atomic E-state index is 0. The van der Waals surface area contributed by atoms with Crippen LogP contribution in [0.2, 0.25) is 0 Å². The average molecular weight is 482 g/mol. The van der Waals surface area contributed by atoms with Gasteiger partial charge >= 0.3 is 0 Å². The van der Waals surface area contributed by atoms with Crippen LogP contribution in [0.1, 0.15) is 23.2 Å². The SMILES string of the molecule is CN=C(NCc1ccccn1)NCc1ccc(C)cc1OC1CCOC1.I. The van der Waals surface area contributed by atoms with E-state index in [1.54, 1.807) is 13.2 Å². The highest BCUT2D eigenvalue weighted by atomic mass is 127. The van der Waals surface area contributed by atoms with Crippen molar-refractivity contribution in [3.8, 4) is 5.75 Å². The number of benzene rings is 1. The van der Waals surface area contributed by atoms with Crippen molar-refractivity contribution in [3.63, 3.8) is 0 Å². The van der Waals surface area contributed by atoms with E-state index >= 15 is 0 Å². The first-order valence-electron chi connectivity index (χ1n) is 8.93. The fraction of sp³-hybridized carbons (Fsp3) is 0.400. The van der Waals surface area contributed by atoms with Gasteiger partial charge in [-0.05, 0) is 30.7 Å². The molecule has 1 aromatic carbocycles. The maximum Gasteiger partial charge on any atom is 0.191 e. The molecule has 6 nitrogen and oxygen atoms in total. The Kier molecular flexibility index (Phi) is 8.80. The van der Waals surface area contributed by atoms with Crippen LogP contribution in [0.25, 0.3) is 0 Å². The summed E-state index contributed by atoms with van der Waals surface area (Å²) < 4.78 is 11.6. The van der Waals surface area contributed by atoms with Gasteiger partial charge in [0.1, 0.15) is 11.9 Å². The van der Waals surface area contributed by atoms with Gasteiger partial charge in [0.05, 0.1) is 25.5 Å². The lowest BCUT2D eigenvalue weighted by Gasteiger charge is -2.18. The molecule has 0 spiro atoms. The van der Waals surface area contributed by atoms with Crippen molar-refractivity contribution < 1.29 is 9.47 Å². The number of aliphatic imine (C=N–C) groups is 1. The summed E-state index contributed by atoms with van der Waals surface area (Å²) in [6.07, 6.45) is 2.86. The lowest BCUT2D eigenvalue weighted by Crippen LogP contribution is -2.36. The molecule has 2 aromatic rings. The van der Waals surface area contributed by atoms with Gasteiger partial charge in [0, 0.05) is 31.8 Å². The fourth-order valence-electron chi connectivity index (χ4n) is 2.78. The number of nitrogens with zero attached hydrogens (tertiary/aromatic N) is 2. The predicted molar refractivity (Wildman–Crippen MR) is 118 cm³/mol. The molecular formula is C20H27IN4O2. The van der Waals surface area contributed by atoms with E-state index in [1.165, 1.54) is 5.56 Å². The minimum atomic E-state index is 0. The molecule has 7 heteroatoms. The molecule has 27 heavy (non-hydrogen) atoms. The number of hydrogen-bond acceptors (Lipinski definition) is 4. The molecule has 0 bridgehead atoms. The van der Waals surface area contributed by atoms with E-state index in [-0.39, 0.29) is 30.1 Å². The van der Waals surface area contributed by atoms with E-state index in [4.69, 9.17) is 9.47 Å². The van der Waals surface area contributed by atoms with E-state index in [0.717, 1.165) is 36.0 Å². The third-order valence-electron chi connectivity index (χ3n) is 4.24. The highest BCUT2D eigenvalue weighted by Gasteiger charge is 2.18. The molecule has 146 valence electrons. The summed E-state index contributed by atoms with van der Waals surface area (Å²) >= 11 is 0. The maximum absolute atomic E-state index is 6.15. The standard InChI is InChI=1S/C20H26N4O2.HI/c1-15-6-7-16(19(11-15)26-18-8-10-25-14-18)12-23-20(21-2)24-13-17-5-3-4-9-22-17;/h3-7,9,11,18H,8,10,12-14H2,1-2H3,(H2,21,23,24);1H. The Morgan fingerprint density at radius 3 is 2.81 bits per heavy atom. The van der Waals surface area contributed by atoms with E-state index in [0.29, 0.717) is 19.7 Å². The zero-order valence-electron chi connectivity index (χ0n) is 15.8. The highest BCUT2D eigenvalue weighted by Crippen LogP contribution is 2.23. The van der Waals surface area contributed by atoms with Crippen molar-refractivity contribution in [1.29, 1.82) is 0 Å². The Hall–Kier alpha value is -1.87. The van der Waals surface area contributed by atoms with Crippen LogP contribution in [0.15, 0.2) is 47.6 Å². The van der Waals surface area contributed by atoms with Gasteiger partial charge in [0.25, 0.3) is 0 Å². The number of rotatable bonds is 6. The second-order valence-electron chi connectivity index (χ2n) is 6.32. The lowest BCUT2D eigenvalue weighted by atomic mass is 10.1. The van der Waals surface area contributed by atoms with Gasteiger partial charge in [-0.2, -0.15) is 0 Å². The number of nitrogens with one attached hydrogen (secondary N) is 2. The first-order valence-corrected chi connectivity index (χ1v) is 8.93. The fourth-order valence-corrected chi connectivity index (χ4v) is 2.78. The number of aryl methyl sites for hydroxylation is 1. The van der Waals surface area contributed by atoms with Gasteiger partial charge in [-0.1, -0.05) is 18.2 Å². The molecule has 0 amide bonds. The van der Waals surface area contributed by atoms with Gasteiger partial charge in [-0.3, -0.25) is 9.98 Å². The quantitative estimate of drug-likeness (QED) is 0.377. The molecule has 3 rings (SSSR count). The molecule has 1 fully saturated rings. The van der Waals surface area contributed by atoms with E-state index in [9.17, 15) is 0 Å². The monoisotopic (exact) mass is 482 g/mol. The van der Waals surface area contributed by atoms with E-state index < -0.39 is 0 Å². The maximum atomic E-state index is 6.15. The molecule has 0 saturated carbocycles. The number of guanidine groups is 1. The molecule has 2 N–H and O–H groups in total. The van der Waals surface area contributed by atoms with E-state index in [2.05, 4.69) is 45.7 Å². The Labute approximate surface area is 177 Å². The van der Waals surface area contributed by atoms with Crippen molar-refractivity contribution in [3.05, 3.63) is 59.4 Å². The van der Waals surface area contributed by atoms with Crippen molar-refractivity contribution >= 4 is 29.9 Å². The van der Waals surface area contributed by atoms with Gasteiger partial charge < -0.3 is 20.1 Å². The molecule has 1 aliphatic rings. The molecule has 1 saturated heterocycles. The summed E-state index contributed by atoms with van der Waals surface area (Å²) in [6.45, 7) is 4.76. The summed E-state index contributed by atoms with van der Waals surface area (Å²) in [4.78, 5) is 8.58. The third kappa shape index (κ3) is 6.66. The Morgan fingerprint density at radius 2 is 2.11 bits per heavy atom. The van der Waals surface area contributed by atoms with Crippen LogP contribution in [0.5, 0.6) is 5.75 Å². The molecule has 1 atom stereocenters. The van der Waals surface area contributed by atoms with Crippen molar-refractivity contribution in [2.24, 2.45) is 4.99 Å². The van der Waals surface area contributed by atoms with Crippen LogP contribution in [0, 0.1) is 6.92 Å². The molecule has 2 heterocycles. The molecule has 0 aliphatic carbocycles. The van der Waals surface area contributed by atoms with Crippen LogP contribution >= 0.6 is 24.0 Å². The zero-order valence-corrected chi connectivity index (χ0v) is 18.1. The number of halogens is 1. The third-order valence-corrected chi connectivity index (χ3v) is 4.24. The second kappa shape index (κ2) is 11.1. The Balaban J connectivity index is 0.00000261. The normalized spacial score (nSPS) is 16.5. The van der Waals surface area contributed by atoms with Crippen LogP contribution in [-0.4, -0.2) is 37.3 Å². The van der Waals surface area contributed by atoms with Crippen molar-refractivity contribution in [2.75, 3.05) is 20.3 Å². The number of ether oxygens (including phenoxy) is 2. The van der Waals surface area contributed by atoms with Crippen LogP contribution in [0.4, 0.5) is 0 Å². The average Bonchev–Trinajstić information content (AvgIpc) is 3.17. The topological polar surface area (TPSA) is 67.8 Å². The van der Waals surface area contributed by atoms with Crippen LogP contribution in [-0.2, 0) is 17.8 Å².